The third-order valence-corrected chi connectivity index (χ3v) is 2.23. The highest BCUT2D eigenvalue weighted by Crippen LogP contribution is 2.22. The molecule has 0 atom stereocenters. The fourth-order valence-corrected chi connectivity index (χ4v) is 1.41. The van der Waals surface area contributed by atoms with Gasteiger partial charge in [0.2, 0.25) is 0 Å². The maximum atomic E-state index is 9.17. The number of hydrogen-bond donors (Lipinski definition) is 1. The van der Waals surface area contributed by atoms with Crippen LogP contribution in [0, 0.1) is 6.92 Å². The normalized spacial score (nSPS) is 27.6. The van der Waals surface area contributed by atoms with Crippen LogP contribution in [0.3, 0.4) is 0 Å². The number of ether oxygens (including phenoxy) is 2. The molecule has 14 heavy (non-hydrogen) atoms. The van der Waals surface area contributed by atoms with E-state index >= 15 is 0 Å². The van der Waals surface area contributed by atoms with Gasteiger partial charge in [-0.3, -0.25) is 0 Å². The molecular formula is C11H14O3. The fourth-order valence-electron chi connectivity index (χ4n) is 1.41. The molecule has 76 valence electrons. The van der Waals surface area contributed by atoms with Gasteiger partial charge in [-0.2, -0.15) is 0 Å². The number of benzene rings is 1. The SMILES string of the molecule is Cc1ccc(C2OCC(O)CO2)cc1. The molecule has 1 aromatic rings. The van der Waals surface area contributed by atoms with Gasteiger partial charge in [-0.1, -0.05) is 29.8 Å². The number of aliphatic hydroxyl groups excluding tert-OH is 1. The maximum Gasteiger partial charge on any atom is 0.184 e. The summed E-state index contributed by atoms with van der Waals surface area (Å²) in [5.74, 6) is 0. The summed E-state index contributed by atoms with van der Waals surface area (Å²) in [5.41, 5.74) is 2.21. The molecule has 1 aromatic carbocycles. The van der Waals surface area contributed by atoms with Crippen LogP contribution in [0.2, 0.25) is 0 Å². The van der Waals surface area contributed by atoms with Crippen molar-refractivity contribution in [2.45, 2.75) is 19.3 Å². The van der Waals surface area contributed by atoms with Gasteiger partial charge in [0.25, 0.3) is 0 Å². The second-order valence-electron chi connectivity index (χ2n) is 3.56. The fraction of sp³-hybridized carbons (Fsp3) is 0.455. The first-order valence-electron chi connectivity index (χ1n) is 4.73. The van der Waals surface area contributed by atoms with Gasteiger partial charge in [-0.05, 0) is 6.92 Å². The standard InChI is InChI=1S/C11H14O3/c1-8-2-4-9(5-3-8)11-13-6-10(12)7-14-11/h2-5,10-12H,6-7H2,1H3. The van der Waals surface area contributed by atoms with E-state index in [0.29, 0.717) is 13.2 Å². The van der Waals surface area contributed by atoms with E-state index in [1.54, 1.807) is 0 Å². The van der Waals surface area contributed by atoms with Gasteiger partial charge in [0, 0.05) is 5.56 Å². The quantitative estimate of drug-likeness (QED) is 0.734. The van der Waals surface area contributed by atoms with Crippen molar-refractivity contribution in [2.24, 2.45) is 0 Å². The molecule has 3 heteroatoms. The summed E-state index contributed by atoms with van der Waals surface area (Å²) in [5, 5.41) is 9.17. The van der Waals surface area contributed by atoms with Crippen molar-refractivity contribution in [3.63, 3.8) is 0 Å². The van der Waals surface area contributed by atoms with Crippen molar-refractivity contribution in [2.75, 3.05) is 13.2 Å². The van der Waals surface area contributed by atoms with E-state index in [2.05, 4.69) is 0 Å². The van der Waals surface area contributed by atoms with E-state index in [1.807, 2.05) is 31.2 Å². The van der Waals surface area contributed by atoms with Crippen LogP contribution in [0.15, 0.2) is 24.3 Å². The van der Waals surface area contributed by atoms with Crippen molar-refractivity contribution in [1.29, 1.82) is 0 Å². The zero-order chi connectivity index (χ0) is 9.97. The Balaban J connectivity index is 2.05. The van der Waals surface area contributed by atoms with Crippen LogP contribution in [-0.2, 0) is 9.47 Å². The summed E-state index contributed by atoms with van der Waals surface area (Å²) in [4.78, 5) is 0. The van der Waals surface area contributed by atoms with E-state index in [4.69, 9.17) is 14.6 Å². The van der Waals surface area contributed by atoms with Gasteiger partial charge < -0.3 is 14.6 Å². The highest BCUT2D eigenvalue weighted by Gasteiger charge is 2.21. The molecule has 1 aliphatic rings. The first-order valence-corrected chi connectivity index (χ1v) is 4.73. The molecule has 1 saturated heterocycles. The third kappa shape index (κ3) is 2.12. The average molecular weight is 194 g/mol. The Kier molecular flexibility index (Phi) is 2.82. The summed E-state index contributed by atoms with van der Waals surface area (Å²) in [7, 11) is 0. The van der Waals surface area contributed by atoms with Crippen LogP contribution >= 0.6 is 0 Å². The Morgan fingerprint density at radius 1 is 1.14 bits per heavy atom. The minimum atomic E-state index is -0.489. The van der Waals surface area contributed by atoms with Crippen LogP contribution in [0.25, 0.3) is 0 Å². The smallest absolute Gasteiger partial charge is 0.184 e. The molecule has 0 bridgehead atoms. The van der Waals surface area contributed by atoms with E-state index in [-0.39, 0.29) is 6.29 Å². The number of aryl methyl sites for hydroxylation is 1. The number of rotatable bonds is 1. The topological polar surface area (TPSA) is 38.7 Å². The van der Waals surface area contributed by atoms with E-state index < -0.39 is 6.10 Å². The van der Waals surface area contributed by atoms with E-state index in [1.165, 1.54) is 5.56 Å². The van der Waals surface area contributed by atoms with Gasteiger partial charge in [-0.15, -0.1) is 0 Å². The van der Waals surface area contributed by atoms with Crippen LogP contribution in [-0.4, -0.2) is 24.4 Å². The largest absolute Gasteiger partial charge is 0.388 e. The zero-order valence-corrected chi connectivity index (χ0v) is 8.14. The zero-order valence-electron chi connectivity index (χ0n) is 8.14. The summed E-state index contributed by atoms with van der Waals surface area (Å²) >= 11 is 0. The monoisotopic (exact) mass is 194 g/mol. The Morgan fingerprint density at radius 2 is 1.71 bits per heavy atom. The van der Waals surface area contributed by atoms with Crippen molar-refractivity contribution in [3.8, 4) is 0 Å². The minimum absolute atomic E-state index is 0.320. The summed E-state index contributed by atoms with van der Waals surface area (Å²) in [6, 6.07) is 8.01. The lowest BCUT2D eigenvalue weighted by atomic mass is 10.1. The van der Waals surface area contributed by atoms with Crippen molar-refractivity contribution in [1.82, 2.24) is 0 Å². The van der Waals surface area contributed by atoms with Crippen LogP contribution < -0.4 is 0 Å². The van der Waals surface area contributed by atoms with Crippen molar-refractivity contribution >= 4 is 0 Å². The number of hydrogen-bond acceptors (Lipinski definition) is 3. The molecule has 0 unspecified atom stereocenters. The molecule has 3 nitrogen and oxygen atoms in total. The third-order valence-electron chi connectivity index (χ3n) is 2.23. The Bertz CT molecular complexity index is 286. The Labute approximate surface area is 83.3 Å². The van der Waals surface area contributed by atoms with Gasteiger partial charge >= 0.3 is 0 Å². The van der Waals surface area contributed by atoms with Crippen molar-refractivity contribution < 1.29 is 14.6 Å². The summed E-state index contributed by atoms with van der Waals surface area (Å²) in [6.45, 7) is 2.73. The van der Waals surface area contributed by atoms with Gasteiger partial charge in [0.1, 0.15) is 6.10 Å². The van der Waals surface area contributed by atoms with Gasteiger partial charge in [0.05, 0.1) is 13.2 Å². The van der Waals surface area contributed by atoms with Gasteiger partial charge in [-0.25, -0.2) is 0 Å². The van der Waals surface area contributed by atoms with E-state index in [0.717, 1.165) is 5.56 Å². The average Bonchev–Trinajstić information content (AvgIpc) is 2.21. The molecule has 1 aliphatic heterocycles. The highest BCUT2D eigenvalue weighted by atomic mass is 16.7. The molecule has 0 saturated carbocycles. The minimum Gasteiger partial charge on any atom is -0.388 e. The lowest BCUT2D eigenvalue weighted by molar-refractivity contribution is -0.220. The Hall–Kier alpha value is -0.900. The summed E-state index contributed by atoms with van der Waals surface area (Å²) < 4.78 is 10.7. The van der Waals surface area contributed by atoms with Crippen LogP contribution in [0.4, 0.5) is 0 Å². The molecule has 0 aliphatic carbocycles. The summed E-state index contributed by atoms with van der Waals surface area (Å²) in [6.07, 6.45) is -0.810. The molecule has 2 rings (SSSR count). The molecule has 0 amide bonds. The molecule has 1 fully saturated rings. The second-order valence-corrected chi connectivity index (χ2v) is 3.56. The van der Waals surface area contributed by atoms with Gasteiger partial charge in [0.15, 0.2) is 6.29 Å². The molecule has 1 heterocycles. The second kappa shape index (κ2) is 4.09. The van der Waals surface area contributed by atoms with Crippen LogP contribution in [0.5, 0.6) is 0 Å². The predicted octanol–water partition coefficient (Wildman–Crippen LogP) is 1.40. The first kappa shape index (κ1) is 9.65. The van der Waals surface area contributed by atoms with Crippen LogP contribution in [0.1, 0.15) is 17.4 Å². The highest BCUT2D eigenvalue weighted by molar-refractivity contribution is 5.22. The predicted molar refractivity (Wildman–Crippen MR) is 51.8 cm³/mol. The molecule has 1 N–H and O–H groups in total. The molecular weight excluding hydrogens is 180 g/mol. The lowest BCUT2D eigenvalue weighted by Gasteiger charge is -2.26. The first-order chi connectivity index (χ1) is 6.75. The lowest BCUT2D eigenvalue weighted by Crippen LogP contribution is -2.30. The number of aliphatic hydroxyl groups is 1. The molecule has 0 spiro atoms. The molecule has 0 aromatic heterocycles. The Morgan fingerprint density at radius 3 is 2.29 bits per heavy atom. The molecule has 0 radical (unpaired) electrons. The maximum absolute atomic E-state index is 9.17. The van der Waals surface area contributed by atoms with E-state index in [9.17, 15) is 0 Å². The van der Waals surface area contributed by atoms with Crippen molar-refractivity contribution in [3.05, 3.63) is 35.4 Å².